The third-order valence-corrected chi connectivity index (χ3v) is 1.55. The predicted molar refractivity (Wildman–Crippen MR) is 34.4 cm³/mol. The van der Waals surface area contributed by atoms with E-state index in [0.717, 1.165) is 13.0 Å². The Morgan fingerprint density at radius 3 is 3.11 bits per heavy atom. The van der Waals surface area contributed by atoms with Crippen LogP contribution in [0.2, 0.25) is 0 Å². The molecule has 1 aliphatic rings. The maximum atomic E-state index is 8.30. The number of rotatable bonds is 1. The second-order valence-corrected chi connectivity index (χ2v) is 2.40. The topological polar surface area (TPSA) is 39.1 Å². The molecule has 9 heavy (non-hydrogen) atoms. The summed E-state index contributed by atoms with van der Waals surface area (Å²) in [5.41, 5.74) is 3.17. The molecule has 0 amide bonds. The lowest BCUT2D eigenvalue weighted by molar-refractivity contribution is 0.292. The molecule has 0 spiro atoms. The Balaban J connectivity index is 2.24. The number of hydrogen-bond donors (Lipinski definition) is 1. The average Bonchev–Trinajstić information content (AvgIpc) is 2.17. The van der Waals surface area contributed by atoms with Crippen molar-refractivity contribution >= 4 is 0 Å². The van der Waals surface area contributed by atoms with Gasteiger partial charge < -0.3 is 0 Å². The van der Waals surface area contributed by atoms with E-state index in [1.807, 2.05) is 12.1 Å². The minimum atomic E-state index is 0.403. The van der Waals surface area contributed by atoms with Gasteiger partial charge in [0.15, 0.2) is 0 Å². The molecule has 1 heterocycles. The fourth-order valence-corrected chi connectivity index (χ4v) is 1.05. The summed E-state index contributed by atoms with van der Waals surface area (Å²) < 4.78 is 0. The summed E-state index contributed by atoms with van der Waals surface area (Å²) in [5, 5.41) is 10.3. The zero-order valence-electron chi connectivity index (χ0n) is 5.59. The standard InChI is InChI=1S/C6H11N3/c1-9-5-3-6(8-9)2-4-7/h6,8H,2-3,5H2,1H3. The second-order valence-electron chi connectivity index (χ2n) is 2.40. The van der Waals surface area contributed by atoms with E-state index in [1.54, 1.807) is 0 Å². The van der Waals surface area contributed by atoms with E-state index in [0.29, 0.717) is 12.5 Å². The third-order valence-electron chi connectivity index (χ3n) is 1.55. The molecule has 1 atom stereocenters. The van der Waals surface area contributed by atoms with Gasteiger partial charge in [0.25, 0.3) is 0 Å². The average molecular weight is 125 g/mol. The normalized spacial score (nSPS) is 28.2. The summed E-state index contributed by atoms with van der Waals surface area (Å²) in [4.78, 5) is 0. The van der Waals surface area contributed by atoms with Crippen molar-refractivity contribution in [2.45, 2.75) is 18.9 Å². The van der Waals surface area contributed by atoms with E-state index in [4.69, 9.17) is 5.26 Å². The molecule has 1 rings (SSSR count). The summed E-state index contributed by atoms with van der Waals surface area (Å²) in [7, 11) is 2.00. The van der Waals surface area contributed by atoms with Gasteiger partial charge in [-0.05, 0) is 6.42 Å². The van der Waals surface area contributed by atoms with Gasteiger partial charge in [0.2, 0.25) is 0 Å². The van der Waals surface area contributed by atoms with Crippen LogP contribution in [0, 0.1) is 11.3 Å². The van der Waals surface area contributed by atoms with Crippen LogP contribution in [0.15, 0.2) is 0 Å². The van der Waals surface area contributed by atoms with E-state index in [1.165, 1.54) is 0 Å². The summed E-state index contributed by atoms with van der Waals surface area (Å²) in [6, 6.07) is 2.54. The number of hydrogen-bond acceptors (Lipinski definition) is 3. The fourth-order valence-electron chi connectivity index (χ4n) is 1.05. The molecule has 1 aliphatic heterocycles. The van der Waals surface area contributed by atoms with Crippen LogP contribution in [-0.2, 0) is 0 Å². The van der Waals surface area contributed by atoms with Gasteiger partial charge in [0.05, 0.1) is 12.5 Å². The van der Waals surface area contributed by atoms with Crippen LogP contribution in [0.1, 0.15) is 12.8 Å². The van der Waals surface area contributed by atoms with Gasteiger partial charge in [-0.1, -0.05) is 0 Å². The SMILES string of the molecule is CN1CCC(CC#N)N1. The molecule has 1 unspecified atom stereocenters. The Morgan fingerprint density at radius 1 is 1.89 bits per heavy atom. The summed E-state index contributed by atoms with van der Waals surface area (Å²) in [5.74, 6) is 0. The van der Waals surface area contributed by atoms with E-state index in [9.17, 15) is 0 Å². The molecule has 0 saturated carbocycles. The Bertz CT molecular complexity index is 127. The first-order valence-electron chi connectivity index (χ1n) is 3.17. The number of nitrogens with one attached hydrogen (secondary N) is 1. The van der Waals surface area contributed by atoms with E-state index < -0.39 is 0 Å². The van der Waals surface area contributed by atoms with Gasteiger partial charge in [-0.15, -0.1) is 0 Å². The minimum Gasteiger partial charge on any atom is -0.251 e. The van der Waals surface area contributed by atoms with E-state index in [-0.39, 0.29) is 0 Å². The molecule has 0 aromatic carbocycles. The zero-order valence-corrected chi connectivity index (χ0v) is 5.59. The van der Waals surface area contributed by atoms with Gasteiger partial charge in [0, 0.05) is 19.6 Å². The predicted octanol–water partition coefficient (Wildman–Crippen LogP) is 0.109. The number of nitrogens with zero attached hydrogens (tertiary/aromatic N) is 2. The summed E-state index contributed by atoms with van der Waals surface area (Å²) in [6.07, 6.45) is 1.73. The highest BCUT2D eigenvalue weighted by atomic mass is 15.5. The van der Waals surface area contributed by atoms with Gasteiger partial charge in [-0.25, -0.2) is 5.01 Å². The van der Waals surface area contributed by atoms with Crippen molar-refractivity contribution < 1.29 is 0 Å². The maximum Gasteiger partial charge on any atom is 0.0638 e. The Morgan fingerprint density at radius 2 is 2.67 bits per heavy atom. The van der Waals surface area contributed by atoms with Crippen LogP contribution < -0.4 is 5.43 Å². The molecular weight excluding hydrogens is 114 g/mol. The molecule has 3 heteroatoms. The van der Waals surface area contributed by atoms with Gasteiger partial charge in [0.1, 0.15) is 0 Å². The first kappa shape index (κ1) is 6.53. The van der Waals surface area contributed by atoms with Crippen LogP contribution >= 0.6 is 0 Å². The van der Waals surface area contributed by atoms with Crippen molar-refractivity contribution in [1.29, 1.82) is 5.26 Å². The van der Waals surface area contributed by atoms with Gasteiger partial charge >= 0.3 is 0 Å². The molecule has 0 aromatic heterocycles. The highest BCUT2D eigenvalue weighted by Gasteiger charge is 2.17. The first-order chi connectivity index (χ1) is 4.33. The zero-order chi connectivity index (χ0) is 6.69. The molecule has 0 aromatic rings. The minimum absolute atomic E-state index is 0.403. The van der Waals surface area contributed by atoms with Gasteiger partial charge in [-0.2, -0.15) is 5.26 Å². The van der Waals surface area contributed by atoms with Crippen LogP contribution in [0.25, 0.3) is 0 Å². The van der Waals surface area contributed by atoms with Crippen molar-refractivity contribution in [2.75, 3.05) is 13.6 Å². The lowest BCUT2D eigenvalue weighted by atomic mass is 10.2. The molecule has 50 valence electrons. The Hall–Kier alpha value is -0.590. The molecule has 1 fully saturated rings. The molecule has 3 nitrogen and oxygen atoms in total. The molecule has 1 saturated heterocycles. The highest BCUT2D eigenvalue weighted by molar-refractivity contribution is 4.83. The van der Waals surface area contributed by atoms with Crippen molar-refractivity contribution in [3.05, 3.63) is 0 Å². The quantitative estimate of drug-likeness (QED) is 0.540. The van der Waals surface area contributed by atoms with E-state index >= 15 is 0 Å². The number of nitriles is 1. The lowest BCUT2D eigenvalue weighted by Gasteiger charge is -2.08. The second kappa shape index (κ2) is 2.81. The van der Waals surface area contributed by atoms with E-state index in [2.05, 4.69) is 11.5 Å². The first-order valence-corrected chi connectivity index (χ1v) is 3.17. The third kappa shape index (κ3) is 1.67. The van der Waals surface area contributed by atoms with Crippen molar-refractivity contribution in [3.8, 4) is 6.07 Å². The van der Waals surface area contributed by atoms with Crippen molar-refractivity contribution in [3.63, 3.8) is 0 Å². The summed E-state index contributed by atoms with van der Waals surface area (Å²) >= 11 is 0. The number of hydrazine groups is 1. The molecular formula is C6H11N3. The Labute approximate surface area is 55.2 Å². The largest absolute Gasteiger partial charge is 0.251 e. The molecule has 0 radical (unpaired) electrons. The van der Waals surface area contributed by atoms with Crippen LogP contribution in [-0.4, -0.2) is 24.6 Å². The van der Waals surface area contributed by atoms with Crippen molar-refractivity contribution in [2.24, 2.45) is 0 Å². The van der Waals surface area contributed by atoms with Crippen LogP contribution in [0.5, 0.6) is 0 Å². The highest BCUT2D eigenvalue weighted by Crippen LogP contribution is 2.05. The molecule has 0 bridgehead atoms. The smallest absolute Gasteiger partial charge is 0.0638 e. The monoisotopic (exact) mass is 125 g/mol. The maximum absolute atomic E-state index is 8.30. The fraction of sp³-hybridized carbons (Fsp3) is 0.833. The molecule has 1 N–H and O–H groups in total. The van der Waals surface area contributed by atoms with Gasteiger partial charge in [-0.3, -0.25) is 5.43 Å². The van der Waals surface area contributed by atoms with Crippen molar-refractivity contribution in [1.82, 2.24) is 10.4 Å². The lowest BCUT2D eigenvalue weighted by Crippen LogP contribution is -2.31. The van der Waals surface area contributed by atoms with Crippen LogP contribution in [0.4, 0.5) is 0 Å². The van der Waals surface area contributed by atoms with Crippen LogP contribution in [0.3, 0.4) is 0 Å². The Kier molecular flexibility index (Phi) is 2.04. The summed E-state index contributed by atoms with van der Waals surface area (Å²) in [6.45, 7) is 1.06. The molecule has 0 aliphatic carbocycles.